The fraction of sp³-hybridized carbons (Fsp3) is 0.500. The molecule has 0 fully saturated rings. The molecule has 0 aliphatic heterocycles. The van der Waals surface area contributed by atoms with E-state index in [0.717, 1.165) is 19.3 Å². The highest BCUT2D eigenvalue weighted by Crippen LogP contribution is 2.24. The van der Waals surface area contributed by atoms with Gasteiger partial charge in [0.15, 0.2) is 0 Å². The first-order valence-electron chi connectivity index (χ1n) is 5.99. The van der Waals surface area contributed by atoms with Gasteiger partial charge in [-0.05, 0) is 30.9 Å². The molecule has 1 rings (SSSR count). The van der Waals surface area contributed by atoms with Crippen LogP contribution in [0.25, 0.3) is 0 Å². The first kappa shape index (κ1) is 13.7. The monoisotopic (exact) mass is 236 g/mol. The number of rotatable bonds is 6. The lowest BCUT2D eigenvalue weighted by molar-refractivity contribution is -0.142. The van der Waals surface area contributed by atoms with Crippen molar-refractivity contribution >= 4 is 5.97 Å². The lowest BCUT2D eigenvalue weighted by Crippen LogP contribution is -2.24. The summed E-state index contributed by atoms with van der Waals surface area (Å²) >= 11 is 0. The van der Waals surface area contributed by atoms with Crippen LogP contribution in [0.5, 0.6) is 0 Å². The molecule has 17 heavy (non-hydrogen) atoms. The highest BCUT2D eigenvalue weighted by molar-refractivity contribution is 5.68. The average molecular weight is 236 g/mol. The number of aryl methyl sites for hydroxylation is 1. The van der Waals surface area contributed by atoms with Crippen LogP contribution >= 0.6 is 0 Å². The van der Waals surface area contributed by atoms with Crippen LogP contribution in [-0.2, 0) is 16.8 Å². The predicted molar refractivity (Wildman–Crippen MR) is 66.9 cm³/mol. The molecule has 1 aromatic rings. The predicted octanol–water partition coefficient (Wildman–Crippen LogP) is 2.71. The minimum atomic E-state index is -1.30. The van der Waals surface area contributed by atoms with E-state index < -0.39 is 11.6 Å². The molecule has 0 aromatic heterocycles. The fourth-order valence-corrected chi connectivity index (χ4v) is 1.81. The Kier molecular flexibility index (Phi) is 4.70. The highest BCUT2D eigenvalue weighted by Gasteiger charge is 2.26. The smallest absolute Gasteiger partial charge is 0.306 e. The Morgan fingerprint density at radius 2 is 1.88 bits per heavy atom. The van der Waals surface area contributed by atoms with Crippen molar-refractivity contribution in [3.8, 4) is 0 Å². The van der Waals surface area contributed by atoms with E-state index in [1.54, 1.807) is 0 Å². The number of aliphatic hydroxyl groups is 1. The Balaban J connectivity index is 2.75. The Morgan fingerprint density at radius 3 is 2.35 bits per heavy atom. The van der Waals surface area contributed by atoms with Crippen molar-refractivity contribution in [2.45, 2.75) is 45.1 Å². The topological polar surface area (TPSA) is 57.5 Å². The van der Waals surface area contributed by atoms with Gasteiger partial charge in [0, 0.05) is 0 Å². The maximum atomic E-state index is 10.6. The van der Waals surface area contributed by atoms with E-state index in [4.69, 9.17) is 5.11 Å². The first-order valence-corrected chi connectivity index (χ1v) is 5.99. The summed E-state index contributed by atoms with van der Waals surface area (Å²) < 4.78 is 0. The van der Waals surface area contributed by atoms with Crippen LogP contribution in [0.3, 0.4) is 0 Å². The third-order valence-corrected chi connectivity index (χ3v) is 2.89. The minimum absolute atomic E-state index is 0.276. The molecule has 1 aromatic carbocycles. The zero-order chi connectivity index (χ0) is 12.9. The fourth-order valence-electron chi connectivity index (χ4n) is 1.81. The van der Waals surface area contributed by atoms with Gasteiger partial charge >= 0.3 is 5.97 Å². The second-order valence-electron chi connectivity index (χ2n) is 4.64. The first-order chi connectivity index (χ1) is 7.95. The Bertz CT molecular complexity index is 366. The van der Waals surface area contributed by atoms with Crippen LogP contribution in [0.1, 0.15) is 44.2 Å². The zero-order valence-corrected chi connectivity index (χ0v) is 10.4. The lowest BCUT2D eigenvalue weighted by Gasteiger charge is -2.21. The molecular weight excluding hydrogens is 216 g/mol. The average Bonchev–Trinajstić information content (AvgIpc) is 2.25. The maximum Gasteiger partial charge on any atom is 0.306 e. The number of unbranched alkanes of at least 4 members (excludes halogenated alkanes) is 1. The summed E-state index contributed by atoms with van der Waals surface area (Å²) in [6, 6.07) is 7.55. The van der Waals surface area contributed by atoms with Crippen LogP contribution < -0.4 is 0 Å². The van der Waals surface area contributed by atoms with Gasteiger partial charge in [-0.3, -0.25) is 4.79 Å². The Labute approximate surface area is 102 Å². The van der Waals surface area contributed by atoms with Crippen LogP contribution in [0.4, 0.5) is 0 Å². The van der Waals surface area contributed by atoms with Gasteiger partial charge in [-0.15, -0.1) is 0 Å². The van der Waals surface area contributed by atoms with Crippen LogP contribution in [0.2, 0.25) is 0 Å². The standard InChI is InChI=1S/C14H20O3/c1-3-4-5-11-6-8-12(9-7-11)14(2,17)10-13(15)16/h6-9,17H,3-5,10H2,1-2H3,(H,15,16). The molecule has 0 saturated heterocycles. The van der Waals surface area contributed by atoms with Gasteiger partial charge in [-0.25, -0.2) is 0 Å². The number of hydrogen-bond donors (Lipinski definition) is 2. The van der Waals surface area contributed by atoms with Crippen LogP contribution in [-0.4, -0.2) is 16.2 Å². The molecule has 0 aliphatic rings. The minimum Gasteiger partial charge on any atom is -0.481 e. The van der Waals surface area contributed by atoms with E-state index in [0.29, 0.717) is 5.56 Å². The number of benzene rings is 1. The van der Waals surface area contributed by atoms with Gasteiger partial charge < -0.3 is 10.2 Å². The van der Waals surface area contributed by atoms with E-state index in [2.05, 4.69) is 6.92 Å². The molecule has 94 valence electrons. The SMILES string of the molecule is CCCCc1ccc(C(C)(O)CC(=O)O)cc1. The molecule has 0 spiro atoms. The summed E-state index contributed by atoms with van der Waals surface area (Å²) in [6.07, 6.45) is 3.04. The van der Waals surface area contributed by atoms with Gasteiger partial charge in [-0.2, -0.15) is 0 Å². The Morgan fingerprint density at radius 1 is 1.29 bits per heavy atom. The number of hydrogen-bond acceptors (Lipinski definition) is 2. The van der Waals surface area contributed by atoms with Gasteiger partial charge in [0.25, 0.3) is 0 Å². The molecule has 0 amide bonds. The van der Waals surface area contributed by atoms with Crippen molar-refractivity contribution in [1.29, 1.82) is 0 Å². The summed E-state index contributed by atoms with van der Waals surface area (Å²) in [5.74, 6) is -0.995. The largest absolute Gasteiger partial charge is 0.481 e. The molecule has 3 nitrogen and oxygen atoms in total. The normalized spacial score (nSPS) is 14.3. The molecule has 0 radical (unpaired) electrons. The van der Waals surface area contributed by atoms with Crippen molar-refractivity contribution in [2.75, 3.05) is 0 Å². The van der Waals surface area contributed by atoms with E-state index >= 15 is 0 Å². The number of carboxylic acids is 1. The molecule has 0 bridgehead atoms. The molecule has 3 heteroatoms. The van der Waals surface area contributed by atoms with Gasteiger partial charge in [0.2, 0.25) is 0 Å². The lowest BCUT2D eigenvalue weighted by atomic mass is 9.91. The van der Waals surface area contributed by atoms with Crippen molar-refractivity contribution in [3.05, 3.63) is 35.4 Å². The van der Waals surface area contributed by atoms with Gasteiger partial charge in [0.1, 0.15) is 0 Å². The second-order valence-corrected chi connectivity index (χ2v) is 4.64. The molecule has 0 aliphatic carbocycles. The maximum absolute atomic E-state index is 10.6. The molecule has 2 N–H and O–H groups in total. The summed E-state index contributed by atoms with van der Waals surface area (Å²) in [6.45, 7) is 3.67. The zero-order valence-electron chi connectivity index (χ0n) is 10.4. The van der Waals surface area contributed by atoms with Gasteiger partial charge in [-0.1, -0.05) is 37.6 Å². The number of carboxylic acid groups (broad SMARTS) is 1. The highest BCUT2D eigenvalue weighted by atomic mass is 16.4. The summed E-state index contributed by atoms with van der Waals surface area (Å²) in [4.78, 5) is 10.6. The third-order valence-electron chi connectivity index (χ3n) is 2.89. The van der Waals surface area contributed by atoms with Crippen molar-refractivity contribution < 1.29 is 15.0 Å². The summed E-state index contributed by atoms with van der Waals surface area (Å²) in [5, 5.41) is 18.8. The van der Waals surface area contributed by atoms with Crippen LogP contribution in [0, 0.1) is 0 Å². The van der Waals surface area contributed by atoms with Crippen molar-refractivity contribution in [1.82, 2.24) is 0 Å². The van der Waals surface area contributed by atoms with E-state index in [9.17, 15) is 9.90 Å². The summed E-state index contributed by atoms with van der Waals surface area (Å²) in [5.41, 5.74) is 0.580. The number of aliphatic carboxylic acids is 1. The van der Waals surface area contributed by atoms with Crippen molar-refractivity contribution in [3.63, 3.8) is 0 Å². The molecule has 0 saturated carbocycles. The number of carbonyl (C=O) groups is 1. The Hall–Kier alpha value is -1.35. The molecule has 0 heterocycles. The second kappa shape index (κ2) is 5.82. The molecule has 1 atom stereocenters. The van der Waals surface area contributed by atoms with Crippen LogP contribution in [0.15, 0.2) is 24.3 Å². The van der Waals surface area contributed by atoms with Gasteiger partial charge in [0.05, 0.1) is 12.0 Å². The van der Waals surface area contributed by atoms with E-state index in [1.807, 2.05) is 24.3 Å². The molecule has 1 unspecified atom stereocenters. The molecular formula is C14H20O3. The van der Waals surface area contributed by atoms with Crippen molar-refractivity contribution in [2.24, 2.45) is 0 Å². The third kappa shape index (κ3) is 4.19. The summed E-state index contributed by atoms with van der Waals surface area (Å²) in [7, 11) is 0. The van der Waals surface area contributed by atoms with E-state index in [-0.39, 0.29) is 6.42 Å². The quantitative estimate of drug-likeness (QED) is 0.798. The van der Waals surface area contributed by atoms with E-state index in [1.165, 1.54) is 12.5 Å².